The lowest BCUT2D eigenvalue weighted by Crippen LogP contribution is -2.03. The third-order valence-electron chi connectivity index (χ3n) is 4.50. The molecule has 0 radical (unpaired) electrons. The SMILES string of the molecule is CCOc1c(-c2n[nH]c3ccc(Br)cc23)cc(C(C)C)cc1C(C)C. The largest absolute Gasteiger partial charge is 0.493 e. The van der Waals surface area contributed by atoms with Gasteiger partial charge in [-0.2, -0.15) is 5.10 Å². The topological polar surface area (TPSA) is 37.9 Å². The summed E-state index contributed by atoms with van der Waals surface area (Å²) in [5.41, 5.74) is 5.61. The van der Waals surface area contributed by atoms with Crippen LogP contribution in [-0.4, -0.2) is 16.8 Å². The van der Waals surface area contributed by atoms with Crippen molar-refractivity contribution in [2.75, 3.05) is 6.61 Å². The predicted octanol–water partition coefficient (Wildman–Crippen LogP) is 6.64. The molecule has 0 saturated carbocycles. The van der Waals surface area contributed by atoms with E-state index in [9.17, 15) is 0 Å². The van der Waals surface area contributed by atoms with E-state index >= 15 is 0 Å². The molecule has 4 heteroatoms. The van der Waals surface area contributed by atoms with Crippen LogP contribution in [0.5, 0.6) is 5.75 Å². The summed E-state index contributed by atoms with van der Waals surface area (Å²) < 4.78 is 7.15. The quantitative estimate of drug-likeness (QED) is 0.521. The number of hydrogen-bond acceptors (Lipinski definition) is 2. The average molecular weight is 401 g/mol. The fraction of sp³-hybridized carbons (Fsp3) is 0.381. The van der Waals surface area contributed by atoms with Gasteiger partial charge < -0.3 is 4.74 Å². The van der Waals surface area contributed by atoms with Crippen molar-refractivity contribution < 1.29 is 4.74 Å². The molecular weight excluding hydrogens is 376 g/mol. The number of nitrogens with one attached hydrogen (secondary N) is 1. The van der Waals surface area contributed by atoms with E-state index < -0.39 is 0 Å². The number of aromatic nitrogens is 2. The first kappa shape index (κ1) is 18.0. The van der Waals surface area contributed by atoms with Crippen LogP contribution in [0.25, 0.3) is 22.2 Å². The zero-order valence-electron chi connectivity index (χ0n) is 15.5. The van der Waals surface area contributed by atoms with Crippen molar-refractivity contribution in [3.8, 4) is 17.0 Å². The average Bonchev–Trinajstić information content (AvgIpc) is 2.97. The Kier molecular flexibility index (Phi) is 5.19. The van der Waals surface area contributed by atoms with Crippen molar-refractivity contribution in [1.82, 2.24) is 10.2 Å². The molecule has 3 rings (SSSR count). The Morgan fingerprint density at radius 1 is 1.08 bits per heavy atom. The molecular formula is C21H25BrN2O. The lowest BCUT2D eigenvalue weighted by Gasteiger charge is -2.20. The highest BCUT2D eigenvalue weighted by atomic mass is 79.9. The molecule has 0 spiro atoms. The highest BCUT2D eigenvalue weighted by Gasteiger charge is 2.20. The predicted molar refractivity (Wildman–Crippen MR) is 109 cm³/mol. The number of benzene rings is 2. The first-order valence-corrected chi connectivity index (χ1v) is 9.66. The van der Waals surface area contributed by atoms with E-state index in [2.05, 4.69) is 72.0 Å². The van der Waals surface area contributed by atoms with Gasteiger partial charge in [-0.1, -0.05) is 49.7 Å². The molecule has 1 aromatic heterocycles. The molecule has 0 bridgehead atoms. The van der Waals surface area contributed by atoms with E-state index in [1.165, 1.54) is 11.1 Å². The molecule has 25 heavy (non-hydrogen) atoms. The molecule has 132 valence electrons. The molecule has 0 aliphatic heterocycles. The van der Waals surface area contributed by atoms with Crippen molar-refractivity contribution in [3.63, 3.8) is 0 Å². The van der Waals surface area contributed by atoms with Gasteiger partial charge in [-0.05, 0) is 54.2 Å². The third-order valence-corrected chi connectivity index (χ3v) is 4.99. The lowest BCUT2D eigenvalue weighted by atomic mass is 9.90. The monoisotopic (exact) mass is 400 g/mol. The Morgan fingerprint density at radius 2 is 1.84 bits per heavy atom. The Hall–Kier alpha value is -1.81. The summed E-state index contributed by atoms with van der Waals surface area (Å²) in [5, 5.41) is 8.88. The van der Waals surface area contributed by atoms with Crippen LogP contribution in [0, 0.1) is 0 Å². The Morgan fingerprint density at radius 3 is 2.48 bits per heavy atom. The molecule has 0 aliphatic rings. The van der Waals surface area contributed by atoms with Crippen molar-refractivity contribution in [2.24, 2.45) is 0 Å². The molecule has 1 heterocycles. The molecule has 0 unspecified atom stereocenters. The second kappa shape index (κ2) is 7.20. The summed E-state index contributed by atoms with van der Waals surface area (Å²) in [6.45, 7) is 11.5. The summed E-state index contributed by atoms with van der Waals surface area (Å²) in [4.78, 5) is 0. The van der Waals surface area contributed by atoms with Gasteiger partial charge >= 0.3 is 0 Å². The van der Waals surface area contributed by atoms with Crippen LogP contribution in [0.1, 0.15) is 57.6 Å². The first-order valence-electron chi connectivity index (χ1n) is 8.87. The van der Waals surface area contributed by atoms with Crippen molar-refractivity contribution in [3.05, 3.63) is 45.9 Å². The number of nitrogens with zero attached hydrogens (tertiary/aromatic N) is 1. The fourth-order valence-corrected chi connectivity index (χ4v) is 3.47. The van der Waals surface area contributed by atoms with Gasteiger partial charge in [0.1, 0.15) is 11.4 Å². The molecule has 3 aromatic rings. The lowest BCUT2D eigenvalue weighted by molar-refractivity contribution is 0.336. The minimum atomic E-state index is 0.385. The van der Waals surface area contributed by atoms with Crippen molar-refractivity contribution >= 4 is 26.8 Å². The Bertz CT molecular complexity index is 896. The van der Waals surface area contributed by atoms with Crippen LogP contribution in [0.4, 0.5) is 0 Å². The van der Waals surface area contributed by atoms with E-state index in [1.807, 2.05) is 19.1 Å². The summed E-state index contributed by atoms with van der Waals surface area (Å²) in [7, 11) is 0. The Balaban J connectivity index is 2.33. The van der Waals surface area contributed by atoms with E-state index in [4.69, 9.17) is 4.74 Å². The van der Waals surface area contributed by atoms with Crippen LogP contribution in [0.15, 0.2) is 34.8 Å². The van der Waals surface area contributed by atoms with Gasteiger partial charge in [0.2, 0.25) is 0 Å². The number of ether oxygens (including phenoxy) is 1. The highest BCUT2D eigenvalue weighted by Crippen LogP contribution is 2.41. The molecule has 0 atom stereocenters. The van der Waals surface area contributed by atoms with Crippen molar-refractivity contribution in [1.29, 1.82) is 0 Å². The summed E-state index contributed by atoms with van der Waals surface area (Å²) in [6, 6.07) is 10.7. The Labute approximate surface area is 157 Å². The van der Waals surface area contributed by atoms with Crippen molar-refractivity contribution in [2.45, 2.75) is 46.5 Å². The van der Waals surface area contributed by atoms with Crippen LogP contribution in [0.3, 0.4) is 0 Å². The number of rotatable bonds is 5. The van der Waals surface area contributed by atoms with E-state index in [-0.39, 0.29) is 0 Å². The van der Waals surface area contributed by atoms with E-state index in [0.717, 1.165) is 32.4 Å². The first-order chi connectivity index (χ1) is 11.9. The van der Waals surface area contributed by atoms with Gasteiger partial charge in [0.05, 0.1) is 12.1 Å². The molecule has 1 N–H and O–H groups in total. The summed E-state index contributed by atoms with van der Waals surface area (Å²) in [6.07, 6.45) is 0. The van der Waals surface area contributed by atoms with Gasteiger partial charge in [-0.25, -0.2) is 0 Å². The zero-order valence-corrected chi connectivity index (χ0v) is 17.1. The smallest absolute Gasteiger partial charge is 0.132 e. The van der Waals surface area contributed by atoms with Crippen LogP contribution < -0.4 is 4.74 Å². The van der Waals surface area contributed by atoms with E-state index in [1.54, 1.807) is 0 Å². The zero-order chi connectivity index (χ0) is 18.1. The third kappa shape index (κ3) is 3.45. The highest BCUT2D eigenvalue weighted by molar-refractivity contribution is 9.10. The van der Waals surface area contributed by atoms with Gasteiger partial charge in [0, 0.05) is 15.4 Å². The maximum atomic E-state index is 6.10. The molecule has 2 aromatic carbocycles. The van der Waals surface area contributed by atoms with Crippen LogP contribution in [0.2, 0.25) is 0 Å². The van der Waals surface area contributed by atoms with Gasteiger partial charge in [0.15, 0.2) is 0 Å². The molecule has 0 aliphatic carbocycles. The van der Waals surface area contributed by atoms with Gasteiger partial charge in [0.25, 0.3) is 0 Å². The van der Waals surface area contributed by atoms with Crippen LogP contribution in [-0.2, 0) is 0 Å². The fourth-order valence-electron chi connectivity index (χ4n) is 3.11. The summed E-state index contributed by atoms with van der Waals surface area (Å²) >= 11 is 3.58. The molecule has 0 saturated heterocycles. The molecule has 3 nitrogen and oxygen atoms in total. The number of hydrogen-bond donors (Lipinski definition) is 1. The summed E-state index contributed by atoms with van der Waals surface area (Å²) in [5.74, 6) is 1.79. The number of aromatic amines is 1. The molecule has 0 fully saturated rings. The second-order valence-corrected chi connectivity index (χ2v) is 7.91. The second-order valence-electron chi connectivity index (χ2n) is 6.99. The maximum Gasteiger partial charge on any atom is 0.132 e. The maximum absolute atomic E-state index is 6.10. The minimum absolute atomic E-state index is 0.385. The number of halogens is 1. The standard InChI is InChI=1S/C21H25BrN2O/c1-6-25-21-16(13(4)5)9-14(12(2)3)10-18(21)20-17-11-15(22)7-8-19(17)23-24-20/h7-13H,6H2,1-5H3,(H,23,24). The van der Waals surface area contributed by atoms with Crippen LogP contribution >= 0.6 is 15.9 Å². The van der Waals surface area contributed by atoms with Gasteiger partial charge in [-0.3, -0.25) is 5.10 Å². The molecule has 0 amide bonds. The number of H-pyrrole nitrogens is 1. The van der Waals surface area contributed by atoms with E-state index in [0.29, 0.717) is 18.4 Å². The minimum Gasteiger partial charge on any atom is -0.493 e. The number of fused-ring (bicyclic) bond motifs is 1. The van der Waals surface area contributed by atoms with Gasteiger partial charge in [-0.15, -0.1) is 0 Å². The normalized spacial score (nSPS) is 11.7.